The summed E-state index contributed by atoms with van der Waals surface area (Å²) in [4.78, 5) is 0. The molecule has 0 radical (unpaired) electrons. The molecule has 0 bridgehead atoms. The van der Waals surface area contributed by atoms with Gasteiger partial charge in [0, 0.05) is 5.33 Å². The van der Waals surface area contributed by atoms with E-state index in [1.54, 1.807) is 16.9 Å². The van der Waals surface area contributed by atoms with E-state index in [-0.39, 0.29) is 5.02 Å². The van der Waals surface area contributed by atoms with Crippen LogP contribution in [0.15, 0.2) is 24.4 Å². The molecule has 6 heteroatoms. The van der Waals surface area contributed by atoms with Crippen LogP contribution in [0.3, 0.4) is 0 Å². The summed E-state index contributed by atoms with van der Waals surface area (Å²) in [7, 11) is 0. The molecule has 0 fully saturated rings. The van der Waals surface area contributed by atoms with Crippen molar-refractivity contribution in [2.75, 3.05) is 0 Å². The summed E-state index contributed by atoms with van der Waals surface area (Å²) in [5.74, 6) is -0.443. The molecule has 3 nitrogen and oxygen atoms in total. The van der Waals surface area contributed by atoms with Crippen molar-refractivity contribution >= 4 is 27.5 Å². The van der Waals surface area contributed by atoms with Crippen LogP contribution in [-0.4, -0.2) is 15.0 Å². The lowest BCUT2D eigenvalue weighted by Crippen LogP contribution is -1.95. The standard InChI is InChI=1S/C9H6BrClFN3/c10-4-6-5-15(14-13-6)7-1-2-9(12)8(11)3-7/h1-3,5H,4H2. The van der Waals surface area contributed by atoms with Crippen LogP contribution in [0, 0.1) is 5.82 Å². The van der Waals surface area contributed by atoms with Crippen molar-refractivity contribution in [2.45, 2.75) is 5.33 Å². The highest BCUT2D eigenvalue weighted by atomic mass is 79.9. The monoisotopic (exact) mass is 289 g/mol. The smallest absolute Gasteiger partial charge is 0.141 e. The maximum absolute atomic E-state index is 12.9. The molecule has 0 atom stereocenters. The highest BCUT2D eigenvalue weighted by molar-refractivity contribution is 9.08. The van der Waals surface area contributed by atoms with Crippen LogP contribution >= 0.6 is 27.5 Å². The first-order valence-corrected chi connectivity index (χ1v) is 5.63. The predicted octanol–water partition coefficient (Wildman–Crippen LogP) is 2.95. The van der Waals surface area contributed by atoms with Gasteiger partial charge in [-0.25, -0.2) is 9.07 Å². The van der Waals surface area contributed by atoms with Gasteiger partial charge in [0.05, 0.1) is 22.6 Å². The van der Waals surface area contributed by atoms with Crippen LogP contribution in [-0.2, 0) is 5.33 Å². The molecule has 0 saturated carbocycles. The Balaban J connectivity index is 2.40. The van der Waals surface area contributed by atoms with Gasteiger partial charge < -0.3 is 0 Å². The van der Waals surface area contributed by atoms with Crippen molar-refractivity contribution in [1.82, 2.24) is 15.0 Å². The Bertz CT molecular complexity index is 486. The number of halogens is 3. The number of hydrogen-bond donors (Lipinski definition) is 0. The third-order valence-electron chi connectivity index (χ3n) is 1.85. The molecule has 2 rings (SSSR count). The Morgan fingerprint density at radius 3 is 2.87 bits per heavy atom. The lowest BCUT2D eigenvalue weighted by Gasteiger charge is -2.00. The molecule has 0 amide bonds. The molecule has 15 heavy (non-hydrogen) atoms. The molecule has 0 unspecified atom stereocenters. The second-order valence-electron chi connectivity index (χ2n) is 2.89. The zero-order valence-electron chi connectivity index (χ0n) is 7.49. The van der Waals surface area contributed by atoms with Gasteiger partial charge in [-0.05, 0) is 18.2 Å². The second-order valence-corrected chi connectivity index (χ2v) is 3.85. The first-order chi connectivity index (χ1) is 7.20. The first-order valence-electron chi connectivity index (χ1n) is 4.13. The molecule has 78 valence electrons. The van der Waals surface area contributed by atoms with Gasteiger partial charge in [0.2, 0.25) is 0 Å². The van der Waals surface area contributed by atoms with E-state index in [0.717, 1.165) is 5.69 Å². The summed E-state index contributed by atoms with van der Waals surface area (Å²) < 4.78 is 14.4. The Labute approximate surface area is 99.0 Å². The Morgan fingerprint density at radius 2 is 2.27 bits per heavy atom. The van der Waals surface area contributed by atoms with Crippen molar-refractivity contribution in [3.63, 3.8) is 0 Å². The lowest BCUT2D eigenvalue weighted by atomic mass is 10.3. The first kappa shape index (κ1) is 10.6. The highest BCUT2D eigenvalue weighted by Gasteiger charge is 2.04. The molecule has 0 N–H and O–H groups in total. The maximum Gasteiger partial charge on any atom is 0.141 e. The Hall–Kier alpha value is -0.940. The number of aromatic nitrogens is 3. The van der Waals surface area contributed by atoms with Gasteiger partial charge in [-0.15, -0.1) is 5.10 Å². The third kappa shape index (κ3) is 2.18. The zero-order valence-corrected chi connectivity index (χ0v) is 9.83. The molecule has 1 heterocycles. The molecule has 0 spiro atoms. The average molecular weight is 291 g/mol. The minimum atomic E-state index is -0.443. The van der Waals surface area contributed by atoms with Gasteiger partial charge in [-0.1, -0.05) is 32.7 Å². The van der Waals surface area contributed by atoms with Crippen LogP contribution < -0.4 is 0 Å². The van der Waals surface area contributed by atoms with Crippen LogP contribution in [0.4, 0.5) is 4.39 Å². The molecule has 1 aromatic carbocycles. The fourth-order valence-electron chi connectivity index (χ4n) is 1.11. The molecule has 1 aromatic heterocycles. The Kier molecular flexibility index (Phi) is 3.02. The van der Waals surface area contributed by atoms with E-state index in [4.69, 9.17) is 11.6 Å². The van der Waals surface area contributed by atoms with Crippen LogP contribution in [0.5, 0.6) is 0 Å². The van der Waals surface area contributed by atoms with Crippen LogP contribution in [0.25, 0.3) is 5.69 Å². The number of hydrogen-bond acceptors (Lipinski definition) is 2. The predicted molar refractivity (Wildman–Crippen MR) is 59.0 cm³/mol. The molecule has 0 aliphatic rings. The molecule has 0 saturated heterocycles. The van der Waals surface area contributed by atoms with E-state index in [0.29, 0.717) is 11.0 Å². The van der Waals surface area contributed by atoms with Gasteiger partial charge >= 0.3 is 0 Å². The van der Waals surface area contributed by atoms with E-state index < -0.39 is 5.82 Å². The van der Waals surface area contributed by atoms with E-state index in [1.165, 1.54) is 12.1 Å². The third-order valence-corrected chi connectivity index (χ3v) is 2.71. The minimum absolute atomic E-state index is 0.0726. The van der Waals surface area contributed by atoms with Crippen molar-refractivity contribution in [3.8, 4) is 5.69 Å². The van der Waals surface area contributed by atoms with Gasteiger partial charge in [0.25, 0.3) is 0 Å². The molecule has 2 aromatic rings. The average Bonchev–Trinajstić information content (AvgIpc) is 2.70. The highest BCUT2D eigenvalue weighted by Crippen LogP contribution is 2.18. The van der Waals surface area contributed by atoms with Crippen LogP contribution in [0.1, 0.15) is 5.69 Å². The molecular weight excluding hydrogens is 284 g/mol. The van der Waals surface area contributed by atoms with Gasteiger partial charge in [-0.3, -0.25) is 0 Å². The van der Waals surface area contributed by atoms with Crippen molar-refractivity contribution < 1.29 is 4.39 Å². The summed E-state index contributed by atoms with van der Waals surface area (Å²) in [6, 6.07) is 4.39. The van der Waals surface area contributed by atoms with Gasteiger partial charge in [-0.2, -0.15) is 0 Å². The minimum Gasteiger partial charge on any atom is -0.220 e. The van der Waals surface area contributed by atoms with E-state index in [2.05, 4.69) is 26.2 Å². The number of nitrogens with zero attached hydrogens (tertiary/aromatic N) is 3. The number of rotatable bonds is 2. The van der Waals surface area contributed by atoms with Crippen LogP contribution in [0.2, 0.25) is 5.02 Å². The van der Waals surface area contributed by atoms with Gasteiger partial charge in [0.1, 0.15) is 5.82 Å². The van der Waals surface area contributed by atoms with E-state index >= 15 is 0 Å². The van der Waals surface area contributed by atoms with E-state index in [9.17, 15) is 4.39 Å². The largest absolute Gasteiger partial charge is 0.220 e. The summed E-state index contributed by atoms with van der Waals surface area (Å²) in [5.41, 5.74) is 1.48. The second kappa shape index (κ2) is 4.28. The summed E-state index contributed by atoms with van der Waals surface area (Å²) in [5, 5.41) is 8.48. The summed E-state index contributed by atoms with van der Waals surface area (Å²) in [6.45, 7) is 0. The molecular formula is C9H6BrClFN3. The van der Waals surface area contributed by atoms with Crippen molar-refractivity contribution in [1.29, 1.82) is 0 Å². The van der Waals surface area contributed by atoms with Crippen molar-refractivity contribution in [3.05, 3.63) is 40.9 Å². The maximum atomic E-state index is 12.9. The molecule has 0 aliphatic carbocycles. The van der Waals surface area contributed by atoms with E-state index in [1.807, 2.05) is 0 Å². The fraction of sp³-hybridized carbons (Fsp3) is 0.111. The number of benzene rings is 1. The number of alkyl halides is 1. The molecule has 0 aliphatic heterocycles. The summed E-state index contributed by atoms with van der Waals surface area (Å²) in [6.07, 6.45) is 1.75. The Morgan fingerprint density at radius 1 is 1.47 bits per heavy atom. The quantitative estimate of drug-likeness (QED) is 0.796. The lowest BCUT2D eigenvalue weighted by molar-refractivity contribution is 0.627. The fourth-order valence-corrected chi connectivity index (χ4v) is 1.55. The SMILES string of the molecule is Fc1ccc(-n2cc(CBr)nn2)cc1Cl. The zero-order chi connectivity index (χ0) is 10.8. The topological polar surface area (TPSA) is 30.7 Å². The summed E-state index contributed by atoms with van der Waals surface area (Å²) >= 11 is 8.93. The van der Waals surface area contributed by atoms with Gasteiger partial charge in [0.15, 0.2) is 0 Å². The normalized spacial score (nSPS) is 10.6. The van der Waals surface area contributed by atoms with Crippen molar-refractivity contribution in [2.24, 2.45) is 0 Å².